The minimum absolute atomic E-state index is 0.0433. The number of rotatable bonds is 6. The summed E-state index contributed by atoms with van der Waals surface area (Å²) in [5, 5.41) is 3.40. The molecule has 0 saturated heterocycles. The number of likely N-dealkylation sites (N-methyl/N-ethyl adjacent to an activating group) is 1. The van der Waals surface area contributed by atoms with Crippen LogP contribution in [0, 0.1) is 0 Å². The van der Waals surface area contributed by atoms with E-state index in [4.69, 9.17) is 29.6 Å². The molecule has 0 atom stereocenters. The zero-order valence-corrected chi connectivity index (χ0v) is 12.6. The summed E-state index contributed by atoms with van der Waals surface area (Å²) in [6.45, 7) is 2.91. The molecule has 0 unspecified atom stereocenters. The van der Waals surface area contributed by atoms with Crippen LogP contribution in [0.2, 0.25) is 5.02 Å². The van der Waals surface area contributed by atoms with Crippen LogP contribution in [-0.4, -0.2) is 31.0 Å². The number of nitrogens with zero attached hydrogens (tertiary/aromatic N) is 1. The summed E-state index contributed by atoms with van der Waals surface area (Å²) in [5.41, 5.74) is 7.14. The van der Waals surface area contributed by atoms with Gasteiger partial charge in [-0.2, -0.15) is 0 Å². The quantitative estimate of drug-likeness (QED) is 0.788. The van der Waals surface area contributed by atoms with Gasteiger partial charge in [0.1, 0.15) is 4.99 Å². The third-order valence-corrected chi connectivity index (χ3v) is 3.04. The molecule has 0 aromatic heterocycles. The normalized spacial score (nSPS) is 10.1. The topological polar surface area (TPSA) is 58.4 Å². The van der Waals surface area contributed by atoms with E-state index in [0.29, 0.717) is 17.1 Å². The second-order valence-corrected chi connectivity index (χ2v) is 5.11. The highest BCUT2D eigenvalue weighted by Crippen LogP contribution is 2.24. The Morgan fingerprint density at radius 2 is 2.21 bits per heavy atom. The van der Waals surface area contributed by atoms with Crippen molar-refractivity contribution in [3.05, 3.63) is 28.8 Å². The summed E-state index contributed by atoms with van der Waals surface area (Å²) in [5.74, 6) is -0.0433. The average molecular weight is 300 g/mol. The summed E-state index contributed by atoms with van der Waals surface area (Å²) >= 11 is 11.0. The molecule has 19 heavy (non-hydrogen) atoms. The third kappa shape index (κ3) is 4.69. The van der Waals surface area contributed by atoms with Gasteiger partial charge in [-0.3, -0.25) is 4.79 Å². The van der Waals surface area contributed by atoms with Gasteiger partial charge in [0, 0.05) is 29.9 Å². The Morgan fingerprint density at radius 3 is 2.79 bits per heavy atom. The van der Waals surface area contributed by atoms with Crippen molar-refractivity contribution >= 4 is 40.4 Å². The fourth-order valence-corrected chi connectivity index (χ4v) is 1.99. The number of nitrogens with two attached hydrogens (primary N) is 1. The number of anilines is 1. The van der Waals surface area contributed by atoms with Gasteiger partial charge in [-0.05, 0) is 24.6 Å². The number of amides is 1. The molecule has 0 aliphatic heterocycles. The van der Waals surface area contributed by atoms with Gasteiger partial charge >= 0.3 is 0 Å². The van der Waals surface area contributed by atoms with E-state index >= 15 is 0 Å². The lowest BCUT2D eigenvalue weighted by Gasteiger charge is -2.22. The maximum atomic E-state index is 11.7. The predicted octanol–water partition coefficient (Wildman–Crippen LogP) is 1.94. The van der Waals surface area contributed by atoms with Crippen molar-refractivity contribution in [3.8, 4) is 0 Å². The first kappa shape index (κ1) is 15.7. The molecule has 3 N–H and O–H groups in total. The van der Waals surface area contributed by atoms with Crippen LogP contribution in [0.3, 0.4) is 0 Å². The van der Waals surface area contributed by atoms with Gasteiger partial charge in [-0.25, -0.2) is 0 Å². The fourth-order valence-electron chi connectivity index (χ4n) is 1.65. The van der Waals surface area contributed by atoms with Crippen molar-refractivity contribution in [2.24, 2.45) is 5.73 Å². The highest BCUT2D eigenvalue weighted by Gasteiger charge is 2.13. The molecule has 1 rings (SSSR count). The fraction of sp³-hybridized carbons (Fsp3) is 0.385. The Kier molecular flexibility index (Phi) is 6.05. The van der Waals surface area contributed by atoms with Crippen LogP contribution >= 0.6 is 23.8 Å². The molecule has 6 heteroatoms. The van der Waals surface area contributed by atoms with Crippen LogP contribution in [-0.2, 0) is 4.79 Å². The molecule has 104 valence electrons. The van der Waals surface area contributed by atoms with E-state index in [9.17, 15) is 4.79 Å². The molecule has 0 aliphatic rings. The summed E-state index contributed by atoms with van der Waals surface area (Å²) in [7, 11) is 1.80. The van der Waals surface area contributed by atoms with Gasteiger partial charge in [0.2, 0.25) is 5.91 Å². The molecule has 0 fully saturated rings. The standard InChI is InChI=1S/C13H18ClN3OS/c1-3-6-16-12(18)8-17(2)11-7-9(14)4-5-10(11)13(15)19/h4-5,7H,3,6,8H2,1-2H3,(H2,15,19)(H,16,18). The molecule has 0 radical (unpaired) electrons. The molecule has 1 amide bonds. The zero-order valence-electron chi connectivity index (χ0n) is 11.1. The summed E-state index contributed by atoms with van der Waals surface area (Å²) < 4.78 is 0. The maximum Gasteiger partial charge on any atom is 0.239 e. The Morgan fingerprint density at radius 1 is 1.53 bits per heavy atom. The molecule has 4 nitrogen and oxygen atoms in total. The predicted molar refractivity (Wildman–Crippen MR) is 83.9 cm³/mol. The highest BCUT2D eigenvalue weighted by molar-refractivity contribution is 7.80. The summed E-state index contributed by atoms with van der Waals surface area (Å²) in [6.07, 6.45) is 0.907. The minimum Gasteiger partial charge on any atom is -0.389 e. The van der Waals surface area contributed by atoms with E-state index in [0.717, 1.165) is 12.1 Å². The summed E-state index contributed by atoms with van der Waals surface area (Å²) in [6, 6.07) is 5.24. The van der Waals surface area contributed by atoms with Crippen molar-refractivity contribution in [2.75, 3.05) is 25.0 Å². The second kappa shape index (κ2) is 7.31. The first-order valence-corrected chi connectivity index (χ1v) is 6.81. The SMILES string of the molecule is CCCNC(=O)CN(C)c1cc(Cl)ccc1C(N)=S. The van der Waals surface area contributed by atoms with E-state index < -0.39 is 0 Å². The Bertz CT molecular complexity index is 479. The number of carbonyl (C=O) groups is 1. The molecular weight excluding hydrogens is 282 g/mol. The van der Waals surface area contributed by atoms with Crippen LogP contribution in [0.15, 0.2) is 18.2 Å². The Labute approximate surface area is 123 Å². The molecule has 0 spiro atoms. The van der Waals surface area contributed by atoms with Crippen LogP contribution < -0.4 is 16.0 Å². The van der Waals surface area contributed by atoms with Gasteiger partial charge in [0.05, 0.1) is 6.54 Å². The number of hydrogen-bond donors (Lipinski definition) is 2. The number of halogens is 1. The third-order valence-electron chi connectivity index (χ3n) is 2.59. The van der Waals surface area contributed by atoms with Gasteiger partial charge in [-0.15, -0.1) is 0 Å². The first-order chi connectivity index (χ1) is 8.95. The van der Waals surface area contributed by atoms with Crippen molar-refractivity contribution in [1.29, 1.82) is 0 Å². The number of thiocarbonyl (C=S) groups is 1. The molecule has 1 aromatic rings. The van der Waals surface area contributed by atoms with Gasteiger partial charge in [0.25, 0.3) is 0 Å². The molecular formula is C13H18ClN3OS. The van der Waals surface area contributed by atoms with Gasteiger partial charge < -0.3 is 16.0 Å². The first-order valence-electron chi connectivity index (χ1n) is 6.03. The number of hydrogen-bond acceptors (Lipinski definition) is 3. The number of nitrogens with one attached hydrogen (secondary N) is 1. The van der Waals surface area contributed by atoms with Crippen LogP contribution in [0.5, 0.6) is 0 Å². The Hall–Kier alpha value is -1.33. The second-order valence-electron chi connectivity index (χ2n) is 4.23. The molecule has 0 bridgehead atoms. The lowest BCUT2D eigenvalue weighted by Crippen LogP contribution is -2.36. The molecule has 0 heterocycles. The number of carbonyl (C=O) groups excluding carboxylic acids is 1. The van der Waals surface area contributed by atoms with E-state index in [1.807, 2.05) is 6.92 Å². The van der Waals surface area contributed by atoms with Crippen LogP contribution in [0.4, 0.5) is 5.69 Å². The minimum atomic E-state index is -0.0433. The van der Waals surface area contributed by atoms with Crippen LogP contribution in [0.25, 0.3) is 0 Å². The van der Waals surface area contributed by atoms with Crippen molar-refractivity contribution in [2.45, 2.75) is 13.3 Å². The van der Waals surface area contributed by atoms with E-state index in [2.05, 4.69) is 5.32 Å². The number of benzene rings is 1. The largest absolute Gasteiger partial charge is 0.389 e. The molecule has 0 saturated carbocycles. The lowest BCUT2D eigenvalue weighted by molar-refractivity contribution is -0.119. The van der Waals surface area contributed by atoms with Gasteiger partial charge in [-0.1, -0.05) is 30.7 Å². The highest BCUT2D eigenvalue weighted by atomic mass is 35.5. The molecule has 1 aromatic carbocycles. The van der Waals surface area contributed by atoms with Crippen LogP contribution in [0.1, 0.15) is 18.9 Å². The molecule has 0 aliphatic carbocycles. The van der Waals surface area contributed by atoms with E-state index in [-0.39, 0.29) is 17.4 Å². The van der Waals surface area contributed by atoms with E-state index in [1.165, 1.54) is 0 Å². The monoisotopic (exact) mass is 299 g/mol. The summed E-state index contributed by atoms with van der Waals surface area (Å²) in [4.78, 5) is 13.8. The lowest BCUT2D eigenvalue weighted by atomic mass is 10.1. The van der Waals surface area contributed by atoms with Crippen molar-refractivity contribution < 1.29 is 4.79 Å². The average Bonchev–Trinajstić information content (AvgIpc) is 2.35. The van der Waals surface area contributed by atoms with Gasteiger partial charge in [0.15, 0.2) is 0 Å². The van der Waals surface area contributed by atoms with E-state index in [1.54, 1.807) is 30.1 Å². The Balaban J connectivity index is 2.86. The van der Waals surface area contributed by atoms with Crippen molar-refractivity contribution in [1.82, 2.24) is 5.32 Å². The smallest absolute Gasteiger partial charge is 0.239 e. The zero-order chi connectivity index (χ0) is 14.4. The van der Waals surface area contributed by atoms with Crippen molar-refractivity contribution in [3.63, 3.8) is 0 Å². The maximum absolute atomic E-state index is 11.7.